The Kier molecular flexibility index (Phi) is 7.71. The van der Waals surface area contributed by atoms with Crippen LogP contribution in [0.1, 0.15) is 12.8 Å². The van der Waals surface area contributed by atoms with E-state index in [1.54, 1.807) is 0 Å². The molecule has 0 aromatic heterocycles. The van der Waals surface area contributed by atoms with E-state index in [9.17, 15) is 9.59 Å². The van der Waals surface area contributed by atoms with E-state index in [0.29, 0.717) is 12.8 Å². The van der Waals surface area contributed by atoms with Gasteiger partial charge < -0.3 is 14.9 Å². The molecule has 2 unspecified atom stereocenters. The van der Waals surface area contributed by atoms with Crippen LogP contribution in [0.5, 0.6) is 0 Å². The van der Waals surface area contributed by atoms with E-state index < -0.39 is 23.8 Å². The lowest BCUT2D eigenvalue weighted by Crippen LogP contribution is -2.24. The van der Waals surface area contributed by atoms with Gasteiger partial charge in [-0.05, 0) is 12.8 Å². The van der Waals surface area contributed by atoms with Crippen LogP contribution in [0, 0.1) is 11.8 Å². The summed E-state index contributed by atoms with van der Waals surface area (Å²) in [6.07, 6.45) is 3.60. The van der Waals surface area contributed by atoms with Crippen LogP contribution in [-0.4, -0.2) is 35.4 Å². The molecule has 0 aromatic rings. The quantitative estimate of drug-likeness (QED) is 0.568. The van der Waals surface area contributed by atoms with Gasteiger partial charge in [0.25, 0.3) is 0 Å². The molecule has 96 valence electrons. The lowest BCUT2D eigenvalue weighted by Gasteiger charge is -2.14. The average molecular weight is 242 g/mol. The molecule has 0 spiro atoms. The third kappa shape index (κ3) is 6.52. The van der Waals surface area contributed by atoms with Gasteiger partial charge in [0.05, 0.1) is 25.0 Å². The van der Waals surface area contributed by atoms with E-state index in [-0.39, 0.29) is 13.2 Å². The van der Waals surface area contributed by atoms with Gasteiger partial charge >= 0.3 is 11.9 Å². The minimum Gasteiger partial charge on any atom is -0.481 e. The van der Waals surface area contributed by atoms with E-state index in [4.69, 9.17) is 14.9 Å². The maximum Gasteiger partial charge on any atom is 0.309 e. The molecule has 2 atom stereocenters. The summed E-state index contributed by atoms with van der Waals surface area (Å²) in [6, 6.07) is 0. The molecule has 0 heterocycles. The Bertz CT molecular complexity index is 257. The SMILES string of the molecule is C=CCC(COCC(CC=C)C(=O)O)C(=O)O. The van der Waals surface area contributed by atoms with Crippen molar-refractivity contribution in [2.24, 2.45) is 11.8 Å². The largest absolute Gasteiger partial charge is 0.481 e. The summed E-state index contributed by atoms with van der Waals surface area (Å²) in [5.74, 6) is -3.29. The summed E-state index contributed by atoms with van der Waals surface area (Å²) in [7, 11) is 0. The molecule has 0 saturated carbocycles. The monoisotopic (exact) mass is 242 g/mol. The Morgan fingerprint density at radius 1 is 1.00 bits per heavy atom. The molecule has 0 bridgehead atoms. The van der Waals surface area contributed by atoms with Gasteiger partial charge in [-0.2, -0.15) is 0 Å². The summed E-state index contributed by atoms with van der Waals surface area (Å²) in [4.78, 5) is 21.5. The minimum atomic E-state index is -0.972. The highest BCUT2D eigenvalue weighted by Gasteiger charge is 2.19. The van der Waals surface area contributed by atoms with Gasteiger partial charge in [0.15, 0.2) is 0 Å². The highest BCUT2D eigenvalue weighted by Crippen LogP contribution is 2.09. The lowest BCUT2D eigenvalue weighted by molar-refractivity contribution is -0.146. The van der Waals surface area contributed by atoms with Crippen molar-refractivity contribution < 1.29 is 24.5 Å². The maximum absolute atomic E-state index is 10.8. The van der Waals surface area contributed by atoms with Gasteiger partial charge in [-0.25, -0.2) is 0 Å². The zero-order valence-corrected chi connectivity index (χ0v) is 9.67. The number of hydrogen-bond acceptors (Lipinski definition) is 3. The lowest BCUT2D eigenvalue weighted by atomic mass is 10.1. The molecule has 0 aliphatic rings. The van der Waals surface area contributed by atoms with Crippen molar-refractivity contribution in [3.05, 3.63) is 25.3 Å². The third-order valence-electron chi connectivity index (χ3n) is 2.24. The molecule has 17 heavy (non-hydrogen) atoms. The number of hydrogen-bond donors (Lipinski definition) is 2. The van der Waals surface area contributed by atoms with Gasteiger partial charge in [0.2, 0.25) is 0 Å². The summed E-state index contributed by atoms with van der Waals surface area (Å²) in [5, 5.41) is 17.6. The molecular weight excluding hydrogens is 224 g/mol. The van der Waals surface area contributed by atoms with Crippen molar-refractivity contribution in [2.75, 3.05) is 13.2 Å². The number of carboxylic acid groups (broad SMARTS) is 2. The van der Waals surface area contributed by atoms with Gasteiger partial charge in [-0.1, -0.05) is 12.2 Å². The van der Waals surface area contributed by atoms with Crippen molar-refractivity contribution in [1.29, 1.82) is 0 Å². The topological polar surface area (TPSA) is 83.8 Å². The standard InChI is InChI=1S/C12H18O5/c1-3-5-9(11(13)14)7-17-8-10(6-4-2)12(15)16/h3-4,9-10H,1-2,5-8H2,(H,13,14)(H,15,16). The van der Waals surface area contributed by atoms with Crippen molar-refractivity contribution >= 4 is 11.9 Å². The fourth-order valence-electron chi connectivity index (χ4n) is 1.24. The van der Waals surface area contributed by atoms with Crippen LogP contribution in [-0.2, 0) is 14.3 Å². The van der Waals surface area contributed by atoms with Gasteiger partial charge in [-0.3, -0.25) is 9.59 Å². The zero-order chi connectivity index (χ0) is 13.3. The Balaban J connectivity index is 4.07. The summed E-state index contributed by atoms with van der Waals surface area (Å²) in [5.41, 5.74) is 0. The Morgan fingerprint density at radius 2 is 1.35 bits per heavy atom. The molecule has 2 N–H and O–H groups in total. The van der Waals surface area contributed by atoms with Crippen molar-refractivity contribution in [3.8, 4) is 0 Å². The fourth-order valence-corrected chi connectivity index (χ4v) is 1.24. The van der Waals surface area contributed by atoms with Crippen LogP contribution in [0.25, 0.3) is 0 Å². The van der Waals surface area contributed by atoms with E-state index in [1.807, 2.05) is 0 Å². The normalized spacial score (nSPS) is 13.6. The van der Waals surface area contributed by atoms with Crippen LogP contribution >= 0.6 is 0 Å². The van der Waals surface area contributed by atoms with Gasteiger partial charge in [-0.15, -0.1) is 13.2 Å². The average Bonchev–Trinajstić information content (AvgIpc) is 2.26. The zero-order valence-electron chi connectivity index (χ0n) is 9.67. The Labute approximate surface area is 100 Å². The first kappa shape index (κ1) is 15.4. The molecule has 0 radical (unpaired) electrons. The highest BCUT2D eigenvalue weighted by atomic mass is 16.5. The first-order chi connectivity index (χ1) is 8.02. The molecule has 0 saturated heterocycles. The van der Waals surface area contributed by atoms with Gasteiger partial charge in [0.1, 0.15) is 0 Å². The number of rotatable bonds is 10. The third-order valence-corrected chi connectivity index (χ3v) is 2.24. The molecule has 0 amide bonds. The van der Waals surface area contributed by atoms with E-state index in [2.05, 4.69) is 13.2 Å². The van der Waals surface area contributed by atoms with Crippen molar-refractivity contribution in [3.63, 3.8) is 0 Å². The van der Waals surface area contributed by atoms with Crippen LogP contribution < -0.4 is 0 Å². The molecular formula is C12H18O5. The van der Waals surface area contributed by atoms with Crippen LogP contribution in [0.3, 0.4) is 0 Å². The number of carboxylic acids is 2. The maximum atomic E-state index is 10.8. The van der Waals surface area contributed by atoms with Crippen molar-refractivity contribution in [1.82, 2.24) is 0 Å². The molecule has 5 heteroatoms. The number of carbonyl (C=O) groups is 2. The first-order valence-corrected chi connectivity index (χ1v) is 5.28. The molecule has 0 aromatic carbocycles. The first-order valence-electron chi connectivity index (χ1n) is 5.28. The van der Waals surface area contributed by atoms with E-state index in [0.717, 1.165) is 0 Å². The Hall–Kier alpha value is -1.62. The summed E-state index contributed by atoms with van der Waals surface area (Å²) >= 11 is 0. The molecule has 0 fully saturated rings. The predicted molar refractivity (Wildman–Crippen MR) is 62.7 cm³/mol. The number of allylic oxidation sites excluding steroid dienone is 2. The minimum absolute atomic E-state index is 0.0116. The summed E-state index contributed by atoms with van der Waals surface area (Å²) in [6.45, 7) is 6.89. The Morgan fingerprint density at radius 3 is 1.59 bits per heavy atom. The fraction of sp³-hybridized carbons (Fsp3) is 0.500. The number of aliphatic carboxylic acids is 2. The van der Waals surface area contributed by atoms with Crippen molar-refractivity contribution in [2.45, 2.75) is 12.8 Å². The second-order valence-electron chi connectivity index (χ2n) is 3.66. The predicted octanol–water partition coefficient (Wildman–Crippen LogP) is 1.56. The molecule has 0 aliphatic carbocycles. The van der Waals surface area contributed by atoms with E-state index in [1.165, 1.54) is 12.2 Å². The molecule has 0 aliphatic heterocycles. The smallest absolute Gasteiger partial charge is 0.309 e. The van der Waals surface area contributed by atoms with Crippen LogP contribution in [0.15, 0.2) is 25.3 Å². The number of ether oxygens (including phenoxy) is 1. The van der Waals surface area contributed by atoms with Crippen LogP contribution in [0.2, 0.25) is 0 Å². The molecule has 0 rings (SSSR count). The molecule has 5 nitrogen and oxygen atoms in total. The summed E-state index contributed by atoms with van der Waals surface area (Å²) < 4.78 is 5.13. The highest BCUT2D eigenvalue weighted by molar-refractivity contribution is 5.71. The van der Waals surface area contributed by atoms with Crippen LogP contribution in [0.4, 0.5) is 0 Å². The second-order valence-corrected chi connectivity index (χ2v) is 3.66. The van der Waals surface area contributed by atoms with E-state index >= 15 is 0 Å². The van der Waals surface area contributed by atoms with Gasteiger partial charge in [0, 0.05) is 0 Å². The second kappa shape index (κ2) is 8.52.